The predicted octanol–water partition coefficient (Wildman–Crippen LogP) is 4.28. The molecule has 2 fully saturated rings. The lowest BCUT2D eigenvalue weighted by molar-refractivity contribution is -0.177. The van der Waals surface area contributed by atoms with Crippen LogP contribution in [0.1, 0.15) is 46.2 Å². The standard InChI is InChI=1S/C40H41N3O9/c44-25-31-15-11-29(12-16-31)23-41-33(21-27-7-3-1-4-8-27)37(47)38(48)34(22-28-9-5-2-6-10-28)42(39(41)49)24-30-13-17-32(18-14-30)26-51-40(50)52-43-35(45)19-20-36(43)46/h1-18,33-34,37-38,44,47-48H,19-26H2/t33-,34-,37+,38+/m1/s1. The van der Waals surface area contributed by atoms with Crippen molar-refractivity contribution in [2.75, 3.05) is 0 Å². The summed E-state index contributed by atoms with van der Waals surface area (Å²) in [6.07, 6.45) is -3.23. The summed E-state index contributed by atoms with van der Waals surface area (Å²) < 4.78 is 5.11. The van der Waals surface area contributed by atoms with Gasteiger partial charge in [0, 0.05) is 25.9 Å². The summed E-state index contributed by atoms with van der Waals surface area (Å²) in [6, 6.07) is 31.4. The molecule has 4 atom stereocenters. The van der Waals surface area contributed by atoms with E-state index in [1.54, 1.807) is 46.2 Å². The Labute approximate surface area is 301 Å². The number of imide groups is 1. The van der Waals surface area contributed by atoms with Gasteiger partial charge in [-0.2, -0.15) is 0 Å². The van der Waals surface area contributed by atoms with Gasteiger partial charge in [-0.1, -0.05) is 114 Å². The molecule has 3 N–H and O–H groups in total. The molecule has 4 aromatic carbocycles. The van der Waals surface area contributed by atoms with E-state index < -0.39 is 42.3 Å². The van der Waals surface area contributed by atoms with E-state index in [-0.39, 0.29) is 51.6 Å². The number of urea groups is 1. The third-order valence-electron chi connectivity index (χ3n) is 9.47. The van der Waals surface area contributed by atoms with Crippen molar-refractivity contribution in [2.24, 2.45) is 0 Å². The molecule has 12 nitrogen and oxygen atoms in total. The smallest absolute Gasteiger partial charge is 0.428 e. The summed E-state index contributed by atoms with van der Waals surface area (Å²) in [6.45, 7) is -0.0551. The van der Waals surface area contributed by atoms with E-state index in [0.717, 1.165) is 27.8 Å². The fourth-order valence-corrected chi connectivity index (χ4v) is 6.60. The summed E-state index contributed by atoms with van der Waals surface area (Å²) in [5.41, 5.74) is 4.64. The Morgan fingerprint density at radius 2 is 1.02 bits per heavy atom. The Bertz CT molecular complexity index is 1820. The van der Waals surface area contributed by atoms with Crippen LogP contribution in [-0.4, -0.2) is 78.5 Å². The number of nitrogens with zero attached hydrogens (tertiary/aromatic N) is 3. The van der Waals surface area contributed by atoms with Crippen molar-refractivity contribution in [3.05, 3.63) is 143 Å². The van der Waals surface area contributed by atoms with Crippen LogP contribution in [0.25, 0.3) is 0 Å². The van der Waals surface area contributed by atoms with Gasteiger partial charge >= 0.3 is 12.2 Å². The third-order valence-corrected chi connectivity index (χ3v) is 9.47. The minimum atomic E-state index is -1.30. The third kappa shape index (κ3) is 8.65. The maximum atomic E-state index is 14.9. The van der Waals surface area contributed by atoms with Crippen LogP contribution in [0.2, 0.25) is 0 Å². The van der Waals surface area contributed by atoms with Crippen LogP contribution in [-0.2, 0) is 58.3 Å². The molecule has 0 aromatic heterocycles. The first-order valence-electron chi connectivity index (χ1n) is 17.2. The molecule has 2 saturated heterocycles. The number of benzene rings is 4. The average molecular weight is 708 g/mol. The molecule has 0 saturated carbocycles. The zero-order valence-corrected chi connectivity index (χ0v) is 28.5. The highest BCUT2D eigenvalue weighted by molar-refractivity contribution is 6.01. The summed E-state index contributed by atoms with van der Waals surface area (Å²) in [5, 5.41) is 33.9. The van der Waals surface area contributed by atoms with Gasteiger partial charge < -0.3 is 29.9 Å². The molecule has 0 bridgehead atoms. The van der Waals surface area contributed by atoms with E-state index in [9.17, 15) is 34.5 Å². The Morgan fingerprint density at radius 1 is 0.596 bits per heavy atom. The molecule has 4 aromatic rings. The summed E-state index contributed by atoms with van der Waals surface area (Å²) >= 11 is 0. The molecule has 2 heterocycles. The first-order valence-corrected chi connectivity index (χ1v) is 17.2. The van der Waals surface area contributed by atoms with Crippen LogP contribution < -0.4 is 0 Å². The highest BCUT2D eigenvalue weighted by Crippen LogP contribution is 2.30. The van der Waals surface area contributed by atoms with Crippen LogP contribution in [0.3, 0.4) is 0 Å². The van der Waals surface area contributed by atoms with Crippen molar-refractivity contribution in [1.29, 1.82) is 0 Å². The number of amides is 4. The molecule has 270 valence electrons. The number of hydroxylamine groups is 2. The van der Waals surface area contributed by atoms with Crippen LogP contribution >= 0.6 is 0 Å². The molecule has 6 rings (SSSR count). The van der Waals surface area contributed by atoms with Gasteiger partial charge in [0.2, 0.25) is 0 Å². The molecule has 2 aliphatic rings. The number of rotatable bonds is 12. The van der Waals surface area contributed by atoms with E-state index in [4.69, 9.17) is 9.57 Å². The molecule has 4 amide bonds. The van der Waals surface area contributed by atoms with Crippen molar-refractivity contribution < 1.29 is 44.1 Å². The largest absolute Gasteiger partial charge is 0.534 e. The Hall–Kier alpha value is -5.56. The van der Waals surface area contributed by atoms with E-state index in [2.05, 4.69) is 0 Å². The number of ether oxygens (including phenoxy) is 1. The molecule has 52 heavy (non-hydrogen) atoms. The lowest BCUT2D eigenvalue weighted by atomic mass is 9.91. The molecule has 0 aliphatic carbocycles. The van der Waals surface area contributed by atoms with E-state index in [1.807, 2.05) is 72.8 Å². The van der Waals surface area contributed by atoms with Gasteiger partial charge in [-0.15, -0.1) is 0 Å². The quantitative estimate of drug-likeness (QED) is 0.145. The second-order valence-corrected chi connectivity index (χ2v) is 13.0. The number of hydrogen-bond donors (Lipinski definition) is 3. The highest BCUT2D eigenvalue weighted by Gasteiger charge is 2.46. The number of aliphatic hydroxyl groups excluding tert-OH is 3. The number of aliphatic hydroxyl groups is 3. The van der Waals surface area contributed by atoms with E-state index >= 15 is 0 Å². The number of carbonyl (C=O) groups excluding carboxylic acids is 4. The lowest BCUT2D eigenvalue weighted by Crippen LogP contribution is -2.50. The van der Waals surface area contributed by atoms with E-state index in [1.165, 1.54) is 0 Å². The summed E-state index contributed by atoms with van der Waals surface area (Å²) in [5.74, 6) is -1.22. The topological polar surface area (TPSA) is 157 Å². The predicted molar refractivity (Wildman–Crippen MR) is 188 cm³/mol. The minimum absolute atomic E-state index is 0.0293. The van der Waals surface area contributed by atoms with Gasteiger partial charge in [-0.3, -0.25) is 14.4 Å². The van der Waals surface area contributed by atoms with Crippen molar-refractivity contribution in [2.45, 2.75) is 76.3 Å². The maximum Gasteiger partial charge on any atom is 0.534 e. The Balaban J connectivity index is 1.27. The molecular weight excluding hydrogens is 666 g/mol. The average Bonchev–Trinajstić information content (AvgIpc) is 3.47. The van der Waals surface area contributed by atoms with Gasteiger partial charge in [0.1, 0.15) is 18.8 Å². The van der Waals surface area contributed by atoms with Crippen LogP contribution in [0.5, 0.6) is 0 Å². The maximum absolute atomic E-state index is 14.9. The first-order chi connectivity index (χ1) is 25.2. The normalized spacial score (nSPS) is 20.6. The van der Waals surface area contributed by atoms with Crippen molar-refractivity contribution >= 4 is 24.0 Å². The zero-order valence-electron chi connectivity index (χ0n) is 28.5. The molecule has 12 heteroatoms. The van der Waals surface area contributed by atoms with Crippen LogP contribution in [0, 0.1) is 0 Å². The van der Waals surface area contributed by atoms with Gasteiger partial charge in [0.15, 0.2) is 0 Å². The van der Waals surface area contributed by atoms with Gasteiger partial charge in [-0.05, 0) is 46.2 Å². The Kier molecular flexibility index (Phi) is 11.6. The van der Waals surface area contributed by atoms with Crippen molar-refractivity contribution in [3.8, 4) is 0 Å². The molecule has 0 radical (unpaired) electrons. The first kappa shape index (κ1) is 36.2. The SMILES string of the molecule is O=C(OCc1ccc(CN2C(=O)N(Cc3ccc(CO)cc3)[C@H](Cc3ccccc3)[C@H](O)[C@@H](O)[C@H]2Cc2ccccc2)cc1)ON1C(=O)CCC1=O. The zero-order chi connectivity index (χ0) is 36.6. The van der Waals surface area contributed by atoms with Gasteiger partial charge in [-0.25, -0.2) is 9.59 Å². The summed E-state index contributed by atoms with van der Waals surface area (Å²) in [4.78, 5) is 58.5. The molecule has 0 spiro atoms. The monoisotopic (exact) mass is 707 g/mol. The fourth-order valence-electron chi connectivity index (χ4n) is 6.60. The van der Waals surface area contributed by atoms with Crippen molar-refractivity contribution in [3.63, 3.8) is 0 Å². The fraction of sp³-hybridized carbons (Fsp3) is 0.300. The highest BCUT2D eigenvalue weighted by atomic mass is 16.8. The van der Waals surface area contributed by atoms with Gasteiger partial charge in [0.25, 0.3) is 11.8 Å². The molecule has 2 aliphatic heterocycles. The second-order valence-electron chi connectivity index (χ2n) is 13.0. The van der Waals surface area contributed by atoms with E-state index in [0.29, 0.717) is 17.0 Å². The second kappa shape index (κ2) is 16.6. The Morgan fingerprint density at radius 3 is 1.46 bits per heavy atom. The molecular formula is C40H41N3O9. The van der Waals surface area contributed by atoms with Crippen molar-refractivity contribution in [1.82, 2.24) is 14.9 Å². The minimum Gasteiger partial charge on any atom is -0.428 e. The summed E-state index contributed by atoms with van der Waals surface area (Å²) in [7, 11) is 0. The number of carbonyl (C=O) groups is 4. The molecule has 0 unspecified atom stereocenters. The van der Waals surface area contributed by atoms with Crippen LogP contribution in [0.15, 0.2) is 109 Å². The van der Waals surface area contributed by atoms with Gasteiger partial charge in [0.05, 0.1) is 18.7 Å². The van der Waals surface area contributed by atoms with Crippen LogP contribution in [0.4, 0.5) is 9.59 Å². The number of hydrogen-bond acceptors (Lipinski definition) is 9. The lowest BCUT2D eigenvalue weighted by Gasteiger charge is -2.36.